The van der Waals surface area contributed by atoms with Gasteiger partial charge in [0, 0.05) is 27.2 Å². The highest BCUT2D eigenvalue weighted by Crippen LogP contribution is 2.23. The molecule has 3 rings (SSSR count). The summed E-state index contributed by atoms with van der Waals surface area (Å²) in [4.78, 5) is 29.9. The molecular formula is C21H21N3O3S2. The van der Waals surface area contributed by atoms with Crippen LogP contribution in [0.4, 0.5) is 0 Å². The number of hydrogen-bond donors (Lipinski definition) is 2. The largest absolute Gasteiger partial charge is 0.494 e. The summed E-state index contributed by atoms with van der Waals surface area (Å²) in [5, 5.41) is 3.11. The number of hydrogen-bond acceptors (Lipinski definition) is 6. The molecule has 2 amide bonds. The van der Waals surface area contributed by atoms with Crippen molar-refractivity contribution < 1.29 is 14.3 Å². The SMILES string of the molecule is CCOc1ccc(C(=O)NNC(=O)c2ccc(SCc3csc(C)n3)cc2)cc1. The third-order valence-corrected chi connectivity index (χ3v) is 5.75. The molecule has 0 atom stereocenters. The van der Waals surface area contributed by atoms with Crippen molar-refractivity contribution in [3.63, 3.8) is 0 Å². The lowest BCUT2D eigenvalue weighted by Gasteiger charge is -2.09. The van der Waals surface area contributed by atoms with E-state index in [1.807, 2.05) is 26.0 Å². The summed E-state index contributed by atoms with van der Waals surface area (Å²) in [6, 6.07) is 13.9. The highest BCUT2D eigenvalue weighted by Gasteiger charge is 2.10. The number of rotatable bonds is 7. The van der Waals surface area contributed by atoms with E-state index in [1.54, 1.807) is 59.5 Å². The Bertz CT molecular complexity index is 970. The zero-order valence-electron chi connectivity index (χ0n) is 16.1. The number of carbonyl (C=O) groups is 2. The molecule has 0 unspecified atom stereocenters. The Labute approximate surface area is 177 Å². The van der Waals surface area contributed by atoms with Gasteiger partial charge in [0.1, 0.15) is 5.75 Å². The summed E-state index contributed by atoms with van der Waals surface area (Å²) in [6.07, 6.45) is 0. The number of aryl methyl sites for hydroxylation is 1. The van der Waals surface area contributed by atoms with E-state index in [0.29, 0.717) is 23.5 Å². The molecule has 2 N–H and O–H groups in total. The fourth-order valence-electron chi connectivity index (χ4n) is 2.46. The quantitative estimate of drug-likeness (QED) is 0.436. The van der Waals surface area contributed by atoms with Gasteiger partial charge in [0.25, 0.3) is 11.8 Å². The van der Waals surface area contributed by atoms with Crippen LogP contribution < -0.4 is 15.6 Å². The molecule has 6 nitrogen and oxygen atoms in total. The first-order chi connectivity index (χ1) is 14.0. The number of thioether (sulfide) groups is 1. The number of ether oxygens (including phenoxy) is 1. The highest BCUT2D eigenvalue weighted by atomic mass is 32.2. The lowest BCUT2D eigenvalue weighted by molar-refractivity contribution is 0.0846. The van der Waals surface area contributed by atoms with Crippen LogP contribution in [0.2, 0.25) is 0 Å². The van der Waals surface area contributed by atoms with E-state index in [2.05, 4.69) is 21.2 Å². The van der Waals surface area contributed by atoms with Crippen LogP contribution in [0.15, 0.2) is 58.8 Å². The van der Waals surface area contributed by atoms with Crippen LogP contribution in [-0.4, -0.2) is 23.4 Å². The topological polar surface area (TPSA) is 80.3 Å². The van der Waals surface area contributed by atoms with Crippen molar-refractivity contribution in [2.75, 3.05) is 6.61 Å². The second kappa shape index (κ2) is 10.1. The van der Waals surface area contributed by atoms with Crippen molar-refractivity contribution in [2.24, 2.45) is 0 Å². The van der Waals surface area contributed by atoms with Crippen molar-refractivity contribution in [3.8, 4) is 5.75 Å². The molecular weight excluding hydrogens is 406 g/mol. The van der Waals surface area contributed by atoms with E-state index < -0.39 is 5.91 Å². The van der Waals surface area contributed by atoms with Crippen molar-refractivity contribution in [2.45, 2.75) is 24.5 Å². The molecule has 0 fully saturated rings. The first-order valence-corrected chi connectivity index (χ1v) is 10.9. The third-order valence-electron chi connectivity index (χ3n) is 3.89. The fourth-order valence-corrected chi connectivity index (χ4v) is 3.97. The molecule has 29 heavy (non-hydrogen) atoms. The predicted molar refractivity (Wildman–Crippen MR) is 115 cm³/mol. The van der Waals surface area contributed by atoms with Gasteiger partial charge in [-0.15, -0.1) is 23.1 Å². The van der Waals surface area contributed by atoms with E-state index in [4.69, 9.17) is 4.74 Å². The van der Waals surface area contributed by atoms with Crippen molar-refractivity contribution in [1.29, 1.82) is 0 Å². The molecule has 1 aromatic heterocycles. The molecule has 0 aliphatic heterocycles. The summed E-state index contributed by atoms with van der Waals surface area (Å²) >= 11 is 3.30. The third kappa shape index (κ3) is 6.07. The second-order valence-corrected chi connectivity index (χ2v) is 8.15. The number of nitrogens with zero attached hydrogens (tertiary/aromatic N) is 1. The van der Waals surface area contributed by atoms with Gasteiger partial charge in [0.15, 0.2) is 0 Å². The number of hydrazine groups is 1. The number of aromatic nitrogens is 1. The first kappa shape index (κ1) is 20.9. The monoisotopic (exact) mass is 427 g/mol. The Morgan fingerprint density at radius 1 is 1.00 bits per heavy atom. The van der Waals surface area contributed by atoms with Gasteiger partial charge in [-0.3, -0.25) is 20.4 Å². The second-order valence-electron chi connectivity index (χ2n) is 6.04. The number of amides is 2. The van der Waals surface area contributed by atoms with Gasteiger partial charge in [-0.2, -0.15) is 0 Å². The van der Waals surface area contributed by atoms with Crippen molar-refractivity contribution >= 4 is 34.9 Å². The highest BCUT2D eigenvalue weighted by molar-refractivity contribution is 7.98. The lowest BCUT2D eigenvalue weighted by atomic mass is 10.2. The average molecular weight is 428 g/mol. The van der Waals surface area contributed by atoms with Crippen molar-refractivity contribution in [1.82, 2.24) is 15.8 Å². The van der Waals surface area contributed by atoms with Gasteiger partial charge >= 0.3 is 0 Å². The van der Waals surface area contributed by atoms with E-state index in [1.165, 1.54) is 0 Å². The number of carbonyl (C=O) groups excluding carboxylic acids is 2. The van der Waals surface area contributed by atoms with Crippen LogP contribution in [0.25, 0.3) is 0 Å². The van der Waals surface area contributed by atoms with Crippen molar-refractivity contribution in [3.05, 3.63) is 75.7 Å². The summed E-state index contributed by atoms with van der Waals surface area (Å²) < 4.78 is 5.34. The minimum Gasteiger partial charge on any atom is -0.494 e. The zero-order valence-corrected chi connectivity index (χ0v) is 17.7. The van der Waals surface area contributed by atoms with Gasteiger partial charge in [0.2, 0.25) is 0 Å². The summed E-state index contributed by atoms with van der Waals surface area (Å²) in [6.45, 7) is 4.44. The van der Waals surface area contributed by atoms with E-state index >= 15 is 0 Å². The Hall–Kier alpha value is -2.84. The van der Waals surface area contributed by atoms with E-state index in [-0.39, 0.29) is 5.91 Å². The molecule has 150 valence electrons. The molecule has 2 aromatic carbocycles. The van der Waals surface area contributed by atoms with Crippen LogP contribution in [0, 0.1) is 6.92 Å². The van der Waals surface area contributed by atoms with Crippen LogP contribution in [0.5, 0.6) is 5.75 Å². The predicted octanol–water partition coefficient (Wildman–Crippen LogP) is 4.22. The molecule has 0 bridgehead atoms. The molecule has 0 spiro atoms. The maximum Gasteiger partial charge on any atom is 0.269 e. The van der Waals surface area contributed by atoms with Crippen LogP contribution in [0.1, 0.15) is 38.3 Å². The molecule has 3 aromatic rings. The molecule has 0 saturated heterocycles. The maximum absolute atomic E-state index is 12.3. The molecule has 0 aliphatic rings. The normalized spacial score (nSPS) is 10.4. The summed E-state index contributed by atoms with van der Waals surface area (Å²) in [7, 11) is 0. The summed E-state index contributed by atoms with van der Waals surface area (Å²) in [5.74, 6) is 0.702. The zero-order chi connectivity index (χ0) is 20.6. The molecule has 8 heteroatoms. The van der Waals surface area contributed by atoms with E-state index in [0.717, 1.165) is 21.3 Å². The van der Waals surface area contributed by atoms with Crippen LogP contribution in [-0.2, 0) is 5.75 Å². The molecule has 0 radical (unpaired) electrons. The summed E-state index contributed by atoms with van der Waals surface area (Å²) in [5.41, 5.74) is 6.80. The Morgan fingerprint density at radius 2 is 1.59 bits per heavy atom. The first-order valence-electron chi connectivity index (χ1n) is 9.02. The van der Waals surface area contributed by atoms with Crippen LogP contribution >= 0.6 is 23.1 Å². The van der Waals surface area contributed by atoms with Gasteiger partial charge in [-0.1, -0.05) is 0 Å². The average Bonchev–Trinajstić information content (AvgIpc) is 3.16. The smallest absolute Gasteiger partial charge is 0.269 e. The van der Waals surface area contributed by atoms with Gasteiger partial charge in [-0.25, -0.2) is 4.98 Å². The number of nitrogens with one attached hydrogen (secondary N) is 2. The maximum atomic E-state index is 12.3. The number of benzene rings is 2. The molecule has 0 aliphatic carbocycles. The van der Waals surface area contributed by atoms with Gasteiger partial charge in [0.05, 0.1) is 17.3 Å². The van der Waals surface area contributed by atoms with Gasteiger partial charge in [-0.05, 0) is 62.4 Å². The Morgan fingerprint density at radius 3 is 2.10 bits per heavy atom. The molecule has 1 heterocycles. The van der Waals surface area contributed by atoms with E-state index in [9.17, 15) is 9.59 Å². The minimum atomic E-state index is -0.396. The Balaban J connectivity index is 1.49. The Kier molecular flexibility index (Phi) is 7.26. The minimum absolute atomic E-state index is 0.379. The van der Waals surface area contributed by atoms with Gasteiger partial charge < -0.3 is 4.74 Å². The number of thiazole rings is 1. The fraction of sp³-hybridized carbons (Fsp3) is 0.190. The lowest BCUT2D eigenvalue weighted by Crippen LogP contribution is -2.41. The van der Waals surface area contributed by atoms with Crippen LogP contribution in [0.3, 0.4) is 0 Å². The molecule has 0 saturated carbocycles. The standard InChI is InChI=1S/C21H21N3O3S2/c1-3-27-18-8-4-15(5-9-18)20(25)23-24-21(26)16-6-10-19(11-7-16)29-13-17-12-28-14(2)22-17/h4-12H,3,13H2,1-2H3,(H,23,25)(H,24,26).